The van der Waals surface area contributed by atoms with Crippen LogP contribution in [0, 0.1) is 17.2 Å². The van der Waals surface area contributed by atoms with Gasteiger partial charge in [-0.15, -0.1) is 0 Å². The molecule has 1 aromatic rings. The monoisotopic (exact) mass is 283 g/mol. The Balaban J connectivity index is 1.50. The van der Waals surface area contributed by atoms with Crippen LogP contribution in [0.3, 0.4) is 0 Å². The second-order valence-corrected chi connectivity index (χ2v) is 6.93. The van der Waals surface area contributed by atoms with Gasteiger partial charge in [0.05, 0.1) is 6.20 Å². The van der Waals surface area contributed by atoms with Crippen LogP contribution in [0.2, 0.25) is 0 Å². The summed E-state index contributed by atoms with van der Waals surface area (Å²) in [5.41, 5.74) is 0.779. The molecule has 5 heteroatoms. The quantitative estimate of drug-likeness (QED) is 0.888. The van der Waals surface area contributed by atoms with Gasteiger partial charge in [-0.25, -0.2) is 4.98 Å². The maximum atomic E-state index is 9.24. The van der Waals surface area contributed by atoms with E-state index in [0.717, 1.165) is 5.92 Å². The van der Waals surface area contributed by atoms with E-state index in [4.69, 9.17) is 0 Å². The van der Waals surface area contributed by atoms with Crippen molar-refractivity contribution in [2.45, 2.75) is 62.9 Å². The highest BCUT2D eigenvalue weighted by Gasteiger charge is 2.57. The normalized spacial score (nSPS) is 30.7. The third-order valence-corrected chi connectivity index (χ3v) is 5.27. The lowest BCUT2D eigenvalue weighted by molar-refractivity contribution is 0.00179. The van der Waals surface area contributed by atoms with Crippen molar-refractivity contribution in [2.75, 3.05) is 10.6 Å². The molecule has 5 rings (SSSR count). The van der Waals surface area contributed by atoms with Crippen LogP contribution >= 0.6 is 0 Å². The van der Waals surface area contributed by atoms with Crippen LogP contribution < -0.4 is 10.6 Å². The molecule has 4 aliphatic rings. The van der Waals surface area contributed by atoms with Crippen LogP contribution in [0.15, 0.2) is 6.20 Å². The first kappa shape index (κ1) is 12.9. The highest BCUT2D eigenvalue weighted by Crippen LogP contribution is 2.58. The minimum Gasteiger partial charge on any atom is -0.363 e. The molecule has 2 bridgehead atoms. The van der Waals surface area contributed by atoms with Gasteiger partial charge in [0.2, 0.25) is 5.95 Å². The number of aromatic nitrogens is 2. The lowest BCUT2D eigenvalue weighted by Gasteiger charge is -2.62. The fourth-order valence-electron chi connectivity index (χ4n) is 3.94. The van der Waals surface area contributed by atoms with Crippen molar-refractivity contribution in [3.05, 3.63) is 11.8 Å². The zero-order valence-electron chi connectivity index (χ0n) is 12.2. The van der Waals surface area contributed by atoms with Crippen molar-refractivity contribution in [3.8, 4) is 6.07 Å². The van der Waals surface area contributed by atoms with Crippen molar-refractivity contribution < 1.29 is 0 Å². The molecule has 0 radical (unpaired) electrons. The van der Waals surface area contributed by atoms with Crippen molar-refractivity contribution >= 4 is 11.8 Å². The molecule has 0 atom stereocenters. The topological polar surface area (TPSA) is 73.6 Å². The van der Waals surface area contributed by atoms with Crippen LogP contribution in [0.4, 0.5) is 11.8 Å². The molecule has 0 aliphatic heterocycles. The van der Waals surface area contributed by atoms with E-state index >= 15 is 0 Å². The maximum absolute atomic E-state index is 9.24. The SMILES string of the molecule is N#Cc1cnc(NC2CCCCC2)nc1NC12CC(C1)C2. The van der Waals surface area contributed by atoms with E-state index in [1.165, 1.54) is 51.4 Å². The molecular weight excluding hydrogens is 262 g/mol. The van der Waals surface area contributed by atoms with Crippen LogP contribution in [-0.4, -0.2) is 21.5 Å². The first-order valence-electron chi connectivity index (χ1n) is 8.08. The summed E-state index contributed by atoms with van der Waals surface area (Å²) in [5, 5.41) is 16.2. The predicted octanol–water partition coefficient (Wildman–Crippen LogP) is 3.06. The molecule has 4 fully saturated rings. The summed E-state index contributed by atoms with van der Waals surface area (Å²) in [6, 6.07) is 2.68. The molecule has 0 spiro atoms. The Morgan fingerprint density at radius 1 is 1.19 bits per heavy atom. The number of anilines is 2. The standard InChI is InChI=1S/C16H21N5/c17-9-12-10-18-15(19-13-4-2-1-3-5-13)20-14(12)21-16-6-11(7-16)8-16/h10-11,13H,1-8H2,(H2,18,19,20,21). The minimum atomic E-state index is 0.229. The Morgan fingerprint density at radius 2 is 1.95 bits per heavy atom. The molecule has 21 heavy (non-hydrogen) atoms. The smallest absolute Gasteiger partial charge is 0.224 e. The van der Waals surface area contributed by atoms with Crippen molar-refractivity contribution in [2.24, 2.45) is 5.92 Å². The molecule has 0 aromatic carbocycles. The Morgan fingerprint density at radius 3 is 2.57 bits per heavy atom. The van der Waals surface area contributed by atoms with Crippen LogP contribution in [-0.2, 0) is 0 Å². The van der Waals surface area contributed by atoms with E-state index in [1.807, 2.05) is 0 Å². The summed E-state index contributed by atoms with van der Waals surface area (Å²) >= 11 is 0. The summed E-state index contributed by atoms with van der Waals surface area (Å²) in [5.74, 6) is 2.28. The summed E-state index contributed by atoms with van der Waals surface area (Å²) in [4.78, 5) is 8.88. The molecule has 4 aliphatic carbocycles. The first-order chi connectivity index (χ1) is 10.3. The molecular formula is C16H21N5. The van der Waals surface area contributed by atoms with E-state index in [0.29, 0.717) is 23.4 Å². The maximum Gasteiger partial charge on any atom is 0.224 e. The molecule has 110 valence electrons. The Kier molecular flexibility index (Phi) is 2.99. The van der Waals surface area contributed by atoms with Crippen LogP contribution in [0.1, 0.15) is 56.9 Å². The number of hydrogen-bond donors (Lipinski definition) is 2. The summed E-state index contributed by atoms with van der Waals surface area (Å²) in [6.45, 7) is 0. The van der Waals surface area contributed by atoms with E-state index in [1.54, 1.807) is 6.20 Å². The highest BCUT2D eigenvalue weighted by molar-refractivity contribution is 5.56. The van der Waals surface area contributed by atoms with Crippen LogP contribution in [0.5, 0.6) is 0 Å². The summed E-state index contributed by atoms with van der Waals surface area (Å²) in [7, 11) is 0. The zero-order valence-corrected chi connectivity index (χ0v) is 12.2. The van der Waals surface area contributed by atoms with Gasteiger partial charge < -0.3 is 10.6 Å². The molecule has 1 heterocycles. The van der Waals surface area contributed by atoms with Gasteiger partial charge in [-0.2, -0.15) is 10.2 Å². The number of nitrogens with zero attached hydrogens (tertiary/aromatic N) is 3. The molecule has 5 nitrogen and oxygen atoms in total. The van der Waals surface area contributed by atoms with E-state index in [9.17, 15) is 5.26 Å². The lowest BCUT2D eigenvalue weighted by Crippen LogP contribution is -2.63. The predicted molar refractivity (Wildman–Crippen MR) is 80.9 cm³/mol. The molecule has 0 unspecified atom stereocenters. The Hall–Kier alpha value is -1.83. The number of nitriles is 1. The Bertz CT molecular complexity index is 568. The molecule has 1 aromatic heterocycles. The Labute approximate surface area is 125 Å². The van der Waals surface area contributed by atoms with E-state index in [-0.39, 0.29) is 5.54 Å². The number of nitrogens with one attached hydrogen (secondary N) is 2. The fourth-order valence-corrected chi connectivity index (χ4v) is 3.94. The van der Waals surface area contributed by atoms with Crippen molar-refractivity contribution in [1.29, 1.82) is 5.26 Å². The summed E-state index contributed by atoms with van der Waals surface area (Å²) < 4.78 is 0. The zero-order chi connectivity index (χ0) is 14.3. The van der Waals surface area contributed by atoms with Gasteiger partial charge in [0.25, 0.3) is 0 Å². The lowest BCUT2D eigenvalue weighted by atomic mass is 9.50. The second kappa shape index (κ2) is 4.87. The average Bonchev–Trinajstić information content (AvgIpc) is 2.43. The van der Waals surface area contributed by atoms with Gasteiger partial charge >= 0.3 is 0 Å². The van der Waals surface area contributed by atoms with Gasteiger partial charge in [-0.05, 0) is 38.0 Å². The third-order valence-electron chi connectivity index (χ3n) is 5.27. The van der Waals surface area contributed by atoms with Gasteiger partial charge in [-0.3, -0.25) is 0 Å². The molecule has 4 saturated carbocycles. The third kappa shape index (κ3) is 2.33. The van der Waals surface area contributed by atoms with Crippen LogP contribution in [0.25, 0.3) is 0 Å². The van der Waals surface area contributed by atoms with Crippen molar-refractivity contribution in [3.63, 3.8) is 0 Å². The summed E-state index contributed by atoms with van der Waals surface area (Å²) in [6.07, 6.45) is 11.6. The van der Waals surface area contributed by atoms with E-state index < -0.39 is 0 Å². The van der Waals surface area contributed by atoms with Gasteiger partial charge in [0, 0.05) is 11.6 Å². The van der Waals surface area contributed by atoms with Crippen molar-refractivity contribution in [1.82, 2.24) is 9.97 Å². The number of rotatable bonds is 4. The average molecular weight is 283 g/mol. The van der Waals surface area contributed by atoms with Gasteiger partial charge in [0.1, 0.15) is 17.5 Å². The van der Waals surface area contributed by atoms with E-state index in [2.05, 4.69) is 26.7 Å². The molecule has 2 N–H and O–H groups in total. The molecule has 0 amide bonds. The largest absolute Gasteiger partial charge is 0.363 e. The number of hydrogen-bond acceptors (Lipinski definition) is 5. The van der Waals surface area contributed by atoms with Gasteiger partial charge in [-0.1, -0.05) is 19.3 Å². The minimum absolute atomic E-state index is 0.229. The molecule has 0 saturated heterocycles. The fraction of sp³-hybridized carbons (Fsp3) is 0.688. The first-order valence-corrected chi connectivity index (χ1v) is 8.08. The highest BCUT2D eigenvalue weighted by atomic mass is 15.2. The van der Waals surface area contributed by atoms with Gasteiger partial charge in [0.15, 0.2) is 0 Å². The second-order valence-electron chi connectivity index (χ2n) is 6.93.